The van der Waals surface area contributed by atoms with E-state index in [9.17, 15) is 9.59 Å². The van der Waals surface area contributed by atoms with Crippen LogP contribution in [0.5, 0.6) is 0 Å². The third-order valence-corrected chi connectivity index (χ3v) is 4.50. The van der Waals surface area contributed by atoms with Crippen molar-refractivity contribution in [2.45, 2.75) is 65.0 Å². The number of urea groups is 1. The molecule has 0 bridgehead atoms. The van der Waals surface area contributed by atoms with Crippen molar-refractivity contribution in [3.05, 3.63) is 18.4 Å². The summed E-state index contributed by atoms with van der Waals surface area (Å²) in [4.78, 5) is 29.3. The summed E-state index contributed by atoms with van der Waals surface area (Å²) in [6.45, 7) is 8.19. The first-order valence-corrected chi connectivity index (χ1v) is 9.70. The molecule has 1 aliphatic rings. The number of aromatic nitrogens is 1. The molecule has 0 atom stereocenters. The minimum Gasteiger partial charge on any atom is -0.447 e. The second-order valence-corrected chi connectivity index (χ2v) is 7.98. The van der Waals surface area contributed by atoms with Crippen molar-refractivity contribution in [3.63, 3.8) is 0 Å². The van der Waals surface area contributed by atoms with E-state index in [1.807, 2.05) is 25.7 Å². The van der Waals surface area contributed by atoms with Crippen LogP contribution in [-0.2, 0) is 11.3 Å². The number of rotatable bonds is 7. The predicted octanol–water partition coefficient (Wildman–Crippen LogP) is 3.29. The predicted molar refractivity (Wildman–Crippen MR) is 101 cm³/mol. The highest BCUT2D eigenvalue weighted by atomic mass is 16.6. The van der Waals surface area contributed by atoms with Crippen LogP contribution in [0.15, 0.2) is 17.0 Å². The van der Waals surface area contributed by atoms with Gasteiger partial charge in [0.05, 0.1) is 12.7 Å². The van der Waals surface area contributed by atoms with E-state index in [2.05, 4.69) is 15.6 Å². The molecular weight excluding hydrogens is 348 g/mol. The zero-order chi connectivity index (χ0) is 19.7. The molecule has 1 saturated heterocycles. The maximum Gasteiger partial charge on any atom is 0.410 e. The smallest absolute Gasteiger partial charge is 0.410 e. The Kier molecular flexibility index (Phi) is 7.94. The number of carbonyl (C=O) groups is 2. The van der Waals surface area contributed by atoms with Crippen molar-refractivity contribution in [2.75, 3.05) is 19.6 Å². The molecule has 1 aromatic heterocycles. The Morgan fingerprint density at radius 3 is 2.63 bits per heavy atom. The summed E-state index contributed by atoms with van der Waals surface area (Å²) in [5, 5.41) is 5.57. The highest BCUT2D eigenvalue weighted by Crippen LogP contribution is 2.23. The first-order valence-electron chi connectivity index (χ1n) is 9.70. The van der Waals surface area contributed by atoms with Gasteiger partial charge in [-0.15, -0.1) is 0 Å². The fourth-order valence-corrected chi connectivity index (χ4v) is 3.05. The van der Waals surface area contributed by atoms with Gasteiger partial charge in [0, 0.05) is 19.6 Å². The van der Waals surface area contributed by atoms with Gasteiger partial charge in [-0.25, -0.2) is 14.6 Å². The molecule has 2 rings (SSSR count). The van der Waals surface area contributed by atoms with Gasteiger partial charge < -0.3 is 24.7 Å². The van der Waals surface area contributed by atoms with Gasteiger partial charge in [-0.05, 0) is 46.0 Å². The summed E-state index contributed by atoms with van der Waals surface area (Å²) in [5.41, 5.74) is -0.442. The van der Waals surface area contributed by atoms with Crippen LogP contribution in [0.3, 0.4) is 0 Å². The van der Waals surface area contributed by atoms with E-state index in [-0.39, 0.29) is 12.1 Å². The van der Waals surface area contributed by atoms with Gasteiger partial charge in [0.15, 0.2) is 6.39 Å². The number of nitrogens with zero attached hydrogens (tertiary/aromatic N) is 2. The molecular formula is C19H32N4O4. The Bertz CT molecular complexity index is 575. The first kappa shape index (κ1) is 21.1. The van der Waals surface area contributed by atoms with Gasteiger partial charge in [0.1, 0.15) is 11.4 Å². The number of ether oxygens (including phenoxy) is 1. The summed E-state index contributed by atoms with van der Waals surface area (Å²) in [6.07, 6.45) is 7.89. The van der Waals surface area contributed by atoms with Gasteiger partial charge in [-0.2, -0.15) is 0 Å². The molecule has 0 unspecified atom stereocenters. The van der Waals surface area contributed by atoms with Crippen LogP contribution in [-0.4, -0.2) is 47.2 Å². The number of likely N-dealkylation sites (tertiary alicyclic amines) is 1. The molecule has 1 fully saturated rings. The van der Waals surface area contributed by atoms with Crippen molar-refractivity contribution in [2.24, 2.45) is 5.92 Å². The van der Waals surface area contributed by atoms with E-state index in [0.717, 1.165) is 45.2 Å². The zero-order valence-electron chi connectivity index (χ0n) is 16.6. The van der Waals surface area contributed by atoms with E-state index in [1.165, 1.54) is 6.39 Å². The van der Waals surface area contributed by atoms with E-state index >= 15 is 0 Å². The fraction of sp³-hybridized carbons (Fsp3) is 0.737. The third kappa shape index (κ3) is 8.32. The third-order valence-electron chi connectivity index (χ3n) is 4.50. The minimum atomic E-state index is -0.442. The average Bonchev–Trinajstić information content (AvgIpc) is 3.12. The zero-order valence-corrected chi connectivity index (χ0v) is 16.6. The lowest BCUT2D eigenvalue weighted by Crippen LogP contribution is -2.41. The Hall–Kier alpha value is -2.25. The first-order chi connectivity index (χ1) is 12.8. The van der Waals surface area contributed by atoms with Crippen molar-refractivity contribution in [1.82, 2.24) is 20.5 Å². The average molecular weight is 380 g/mol. The number of amides is 3. The second kappa shape index (κ2) is 10.2. The van der Waals surface area contributed by atoms with Crippen LogP contribution in [0, 0.1) is 5.92 Å². The Morgan fingerprint density at radius 1 is 1.26 bits per heavy atom. The molecule has 27 heavy (non-hydrogen) atoms. The number of hydrogen-bond donors (Lipinski definition) is 2. The van der Waals surface area contributed by atoms with Crippen LogP contribution in [0.25, 0.3) is 0 Å². The van der Waals surface area contributed by atoms with Crippen molar-refractivity contribution in [3.8, 4) is 0 Å². The number of nitrogens with one attached hydrogen (secondary N) is 2. The van der Waals surface area contributed by atoms with Gasteiger partial charge >= 0.3 is 12.1 Å². The molecule has 1 aliphatic heterocycles. The number of unbranched alkanes of at least 4 members (excludes halogenated alkanes) is 1. The van der Waals surface area contributed by atoms with Crippen LogP contribution < -0.4 is 10.6 Å². The molecule has 8 nitrogen and oxygen atoms in total. The molecule has 152 valence electrons. The molecule has 0 radical (unpaired) electrons. The summed E-state index contributed by atoms with van der Waals surface area (Å²) >= 11 is 0. The van der Waals surface area contributed by atoms with Crippen LogP contribution in [0.4, 0.5) is 9.59 Å². The number of hydrogen-bond acceptors (Lipinski definition) is 5. The van der Waals surface area contributed by atoms with E-state index < -0.39 is 5.60 Å². The molecule has 8 heteroatoms. The van der Waals surface area contributed by atoms with Crippen LogP contribution >= 0.6 is 0 Å². The van der Waals surface area contributed by atoms with Crippen LogP contribution in [0.1, 0.15) is 58.6 Å². The normalized spacial score (nSPS) is 15.4. The SMILES string of the molecule is CC(C)(C)OC(=O)N1CCC(CCCCNC(=O)NCc2cnco2)CC1. The maximum absolute atomic E-state index is 12.1. The number of piperidine rings is 1. The standard InChI is InChI=1S/C19H32N4O4/c1-19(2,3)27-18(25)23-10-7-15(8-11-23)6-4-5-9-21-17(24)22-13-16-12-20-14-26-16/h12,14-15H,4-11,13H2,1-3H3,(H2,21,22,24). The van der Waals surface area contributed by atoms with Crippen molar-refractivity contribution in [1.29, 1.82) is 0 Å². The molecule has 0 aliphatic carbocycles. The van der Waals surface area contributed by atoms with E-state index in [1.54, 1.807) is 6.20 Å². The maximum atomic E-state index is 12.1. The van der Waals surface area contributed by atoms with Gasteiger partial charge in [0.25, 0.3) is 0 Å². The van der Waals surface area contributed by atoms with Gasteiger partial charge in [-0.1, -0.05) is 12.8 Å². The highest BCUT2D eigenvalue weighted by Gasteiger charge is 2.26. The topological polar surface area (TPSA) is 96.7 Å². The molecule has 1 aromatic rings. The Balaban J connectivity index is 1.49. The molecule has 0 spiro atoms. The fourth-order valence-electron chi connectivity index (χ4n) is 3.05. The molecule has 0 saturated carbocycles. The lowest BCUT2D eigenvalue weighted by molar-refractivity contribution is 0.0180. The quantitative estimate of drug-likeness (QED) is 0.708. The lowest BCUT2D eigenvalue weighted by Gasteiger charge is -2.33. The highest BCUT2D eigenvalue weighted by molar-refractivity contribution is 5.73. The Morgan fingerprint density at radius 2 is 2.00 bits per heavy atom. The van der Waals surface area contributed by atoms with E-state index in [0.29, 0.717) is 24.8 Å². The number of oxazole rings is 1. The molecule has 2 N–H and O–H groups in total. The van der Waals surface area contributed by atoms with Crippen molar-refractivity contribution >= 4 is 12.1 Å². The van der Waals surface area contributed by atoms with Gasteiger partial charge in [-0.3, -0.25) is 0 Å². The largest absolute Gasteiger partial charge is 0.447 e. The minimum absolute atomic E-state index is 0.197. The molecule has 0 aromatic carbocycles. The molecule has 2 heterocycles. The second-order valence-electron chi connectivity index (χ2n) is 7.98. The van der Waals surface area contributed by atoms with E-state index in [4.69, 9.17) is 9.15 Å². The summed E-state index contributed by atoms with van der Waals surface area (Å²) in [6, 6.07) is -0.197. The molecule has 3 amide bonds. The Labute approximate surface area is 161 Å². The van der Waals surface area contributed by atoms with Crippen molar-refractivity contribution < 1.29 is 18.7 Å². The number of carbonyl (C=O) groups excluding carboxylic acids is 2. The van der Waals surface area contributed by atoms with Crippen LogP contribution in [0.2, 0.25) is 0 Å². The summed E-state index contributed by atoms with van der Waals surface area (Å²) < 4.78 is 10.5. The summed E-state index contributed by atoms with van der Waals surface area (Å²) in [5.74, 6) is 1.27. The lowest BCUT2D eigenvalue weighted by atomic mass is 9.92. The summed E-state index contributed by atoms with van der Waals surface area (Å²) in [7, 11) is 0. The van der Waals surface area contributed by atoms with Gasteiger partial charge in [0.2, 0.25) is 0 Å². The monoisotopic (exact) mass is 380 g/mol.